The largest absolute Gasteiger partial charge is 0.492 e. The van der Waals surface area contributed by atoms with Crippen molar-refractivity contribution in [1.29, 1.82) is 0 Å². The Bertz CT molecular complexity index is 479. The van der Waals surface area contributed by atoms with Crippen molar-refractivity contribution in [2.24, 2.45) is 5.41 Å². The number of esters is 1. The van der Waals surface area contributed by atoms with E-state index in [2.05, 4.69) is 0 Å². The number of fused-ring (bicyclic) bond motifs is 1. The molecule has 104 valence electrons. The predicted octanol–water partition coefficient (Wildman–Crippen LogP) is 2.24. The number of ether oxygens (including phenoxy) is 2. The number of benzene rings is 1. The van der Waals surface area contributed by atoms with Crippen LogP contribution in [-0.2, 0) is 16.0 Å². The highest BCUT2D eigenvalue weighted by atomic mass is 16.5. The van der Waals surface area contributed by atoms with Gasteiger partial charge in [0.2, 0.25) is 0 Å². The van der Waals surface area contributed by atoms with Gasteiger partial charge in [-0.05, 0) is 38.3 Å². The highest BCUT2D eigenvalue weighted by Gasteiger charge is 2.31. The minimum Gasteiger partial charge on any atom is -0.492 e. The van der Waals surface area contributed by atoms with Crippen LogP contribution >= 0.6 is 0 Å². The zero-order chi connectivity index (χ0) is 14.0. The normalized spacial score (nSPS) is 18.0. The maximum absolute atomic E-state index is 11.6. The molecule has 0 fully saturated rings. The van der Waals surface area contributed by atoms with Gasteiger partial charge in [-0.3, -0.25) is 4.79 Å². The third-order valence-electron chi connectivity index (χ3n) is 3.52. The molecular weight excluding hydrogens is 244 g/mol. The average Bonchev–Trinajstić information content (AvgIpc) is 2.78. The first kappa shape index (κ1) is 13.9. The molecule has 1 aromatic rings. The molecule has 0 aliphatic heterocycles. The molecule has 0 spiro atoms. The van der Waals surface area contributed by atoms with E-state index in [4.69, 9.17) is 9.47 Å². The summed E-state index contributed by atoms with van der Waals surface area (Å²) >= 11 is 0. The molecule has 4 heteroatoms. The second-order valence-electron chi connectivity index (χ2n) is 5.54. The Hall–Kier alpha value is -1.55. The van der Waals surface area contributed by atoms with E-state index < -0.39 is 11.5 Å². The van der Waals surface area contributed by atoms with Crippen molar-refractivity contribution in [2.45, 2.75) is 32.8 Å². The molecule has 1 aromatic carbocycles. The van der Waals surface area contributed by atoms with Crippen molar-refractivity contribution in [3.05, 3.63) is 29.3 Å². The molecule has 1 aliphatic carbocycles. The Labute approximate surface area is 113 Å². The third kappa shape index (κ3) is 2.73. The Morgan fingerprint density at radius 2 is 2.21 bits per heavy atom. The van der Waals surface area contributed by atoms with E-state index in [9.17, 15) is 9.90 Å². The molecule has 4 nitrogen and oxygen atoms in total. The van der Waals surface area contributed by atoms with Crippen LogP contribution in [0.2, 0.25) is 0 Å². The lowest BCUT2D eigenvalue weighted by molar-refractivity contribution is -0.152. The van der Waals surface area contributed by atoms with Gasteiger partial charge >= 0.3 is 5.97 Å². The van der Waals surface area contributed by atoms with Crippen LogP contribution in [-0.4, -0.2) is 24.8 Å². The second kappa shape index (κ2) is 5.21. The van der Waals surface area contributed by atoms with Crippen LogP contribution in [0.15, 0.2) is 18.2 Å². The fraction of sp³-hybridized carbons (Fsp3) is 0.533. The summed E-state index contributed by atoms with van der Waals surface area (Å²) in [4.78, 5) is 11.6. The number of hydrogen-bond acceptors (Lipinski definition) is 4. The number of carbonyl (C=O) groups is 1. The Balaban J connectivity index is 2.11. The number of methoxy groups -OCH3 is 1. The maximum Gasteiger partial charge on any atom is 0.314 e. The van der Waals surface area contributed by atoms with E-state index in [1.54, 1.807) is 13.8 Å². The van der Waals surface area contributed by atoms with Crippen LogP contribution in [0.4, 0.5) is 0 Å². The van der Waals surface area contributed by atoms with Gasteiger partial charge in [0.25, 0.3) is 0 Å². The molecule has 0 heterocycles. The van der Waals surface area contributed by atoms with Gasteiger partial charge in [-0.25, -0.2) is 0 Å². The molecule has 19 heavy (non-hydrogen) atoms. The minimum absolute atomic E-state index is 0.256. The van der Waals surface area contributed by atoms with Crippen molar-refractivity contribution in [2.75, 3.05) is 13.7 Å². The van der Waals surface area contributed by atoms with E-state index in [1.807, 2.05) is 18.2 Å². The van der Waals surface area contributed by atoms with Gasteiger partial charge < -0.3 is 14.6 Å². The molecule has 0 saturated heterocycles. The van der Waals surface area contributed by atoms with E-state index >= 15 is 0 Å². The topological polar surface area (TPSA) is 55.8 Å². The number of rotatable bonds is 4. The highest BCUT2D eigenvalue weighted by Crippen LogP contribution is 2.37. The van der Waals surface area contributed by atoms with Crippen molar-refractivity contribution in [3.63, 3.8) is 0 Å². The highest BCUT2D eigenvalue weighted by molar-refractivity contribution is 5.75. The summed E-state index contributed by atoms with van der Waals surface area (Å²) in [6.45, 7) is 3.83. The molecule has 0 radical (unpaired) electrons. The number of carbonyl (C=O) groups excluding carboxylic acids is 1. The van der Waals surface area contributed by atoms with Crippen LogP contribution in [0.3, 0.4) is 0 Å². The molecule has 1 unspecified atom stereocenters. The van der Waals surface area contributed by atoms with Crippen LogP contribution in [0, 0.1) is 5.41 Å². The number of aliphatic hydroxyl groups excluding tert-OH is 1. The van der Waals surface area contributed by atoms with Gasteiger partial charge in [0, 0.05) is 5.56 Å². The summed E-state index contributed by atoms with van der Waals surface area (Å²) < 4.78 is 10.5. The van der Waals surface area contributed by atoms with Crippen LogP contribution in [0.1, 0.15) is 37.5 Å². The third-order valence-corrected chi connectivity index (χ3v) is 3.52. The summed E-state index contributed by atoms with van der Waals surface area (Å²) in [5.74, 6) is 0.464. The first-order valence-corrected chi connectivity index (χ1v) is 6.47. The van der Waals surface area contributed by atoms with E-state index in [1.165, 1.54) is 7.11 Å². The fourth-order valence-electron chi connectivity index (χ4n) is 2.33. The fourth-order valence-corrected chi connectivity index (χ4v) is 2.33. The number of hydrogen-bond donors (Lipinski definition) is 1. The molecule has 1 aliphatic rings. The lowest BCUT2D eigenvalue weighted by Gasteiger charge is -2.22. The van der Waals surface area contributed by atoms with Gasteiger partial charge in [0.1, 0.15) is 12.4 Å². The molecule has 2 rings (SSSR count). The quantitative estimate of drug-likeness (QED) is 0.847. The van der Waals surface area contributed by atoms with Crippen molar-refractivity contribution >= 4 is 5.97 Å². The average molecular weight is 264 g/mol. The van der Waals surface area contributed by atoms with E-state index in [-0.39, 0.29) is 12.6 Å². The molecule has 0 bridgehead atoms. The number of aliphatic hydroxyl groups is 1. The molecule has 0 saturated carbocycles. The summed E-state index contributed by atoms with van der Waals surface area (Å²) in [7, 11) is 1.38. The molecule has 0 aromatic heterocycles. The van der Waals surface area contributed by atoms with Gasteiger partial charge in [0.15, 0.2) is 0 Å². The first-order valence-electron chi connectivity index (χ1n) is 6.47. The van der Waals surface area contributed by atoms with E-state index in [0.717, 1.165) is 29.7 Å². The maximum atomic E-state index is 11.6. The van der Waals surface area contributed by atoms with Crippen LogP contribution in [0.5, 0.6) is 5.75 Å². The van der Waals surface area contributed by atoms with E-state index in [0.29, 0.717) is 0 Å². The van der Waals surface area contributed by atoms with Gasteiger partial charge in [-0.2, -0.15) is 0 Å². The first-order chi connectivity index (χ1) is 8.95. The molecular formula is C15H20O4. The zero-order valence-corrected chi connectivity index (χ0v) is 11.6. The summed E-state index contributed by atoms with van der Waals surface area (Å²) in [5.41, 5.74) is 1.30. The second-order valence-corrected chi connectivity index (χ2v) is 5.54. The van der Waals surface area contributed by atoms with Gasteiger partial charge in [0.05, 0.1) is 18.6 Å². The Kier molecular flexibility index (Phi) is 3.80. The predicted molar refractivity (Wildman–Crippen MR) is 71.0 cm³/mol. The van der Waals surface area contributed by atoms with Gasteiger partial charge in [-0.1, -0.05) is 12.1 Å². The molecule has 1 N–H and O–H groups in total. The lowest BCUT2D eigenvalue weighted by Crippen LogP contribution is -2.32. The van der Waals surface area contributed by atoms with Crippen molar-refractivity contribution in [3.8, 4) is 5.75 Å². The summed E-state index contributed by atoms with van der Waals surface area (Å²) in [6, 6.07) is 5.67. The lowest BCUT2D eigenvalue weighted by atomic mass is 9.95. The SMILES string of the molecule is COC(=O)C(C)(C)COc1cccc2c1CCC2O. The zero-order valence-electron chi connectivity index (χ0n) is 11.6. The standard InChI is InChI=1S/C15H20O4/c1-15(2,14(17)18-3)9-19-13-6-4-5-10-11(13)7-8-12(10)16/h4-6,12,16H,7-9H2,1-3H3. The smallest absolute Gasteiger partial charge is 0.314 e. The molecule has 1 atom stereocenters. The van der Waals surface area contributed by atoms with Crippen LogP contribution in [0.25, 0.3) is 0 Å². The Morgan fingerprint density at radius 1 is 1.47 bits per heavy atom. The summed E-state index contributed by atoms with van der Waals surface area (Å²) in [6.07, 6.45) is 1.15. The van der Waals surface area contributed by atoms with Gasteiger partial charge in [-0.15, -0.1) is 0 Å². The van der Waals surface area contributed by atoms with Crippen molar-refractivity contribution in [1.82, 2.24) is 0 Å². The monoisotopic (exact) mass is 264 g/mol. The van der Waals surface area contributed by atoms with Crippen molar-refractivity contribution < 1.29 is 19.4 Å². The Morgan fingerprint density at radius 3 is 2.89 bits per heavy atom. The van der Waals surface area contributed by atoms with Crippen LogP contribution < -0.4 is 4.74 Å². The molecule has 0 amide bonds. The summed E-state index contributed by atoms with van der Waals surface area (Å²) in [5, 5.41) is 9.83. The minimum atomic E-state index is -0.686.